The molecule has 0 bridgehead atoms. The maximum atomic E-state index is 13.1. The van der Waals surface area contributed by atoms with Gasteiger partial charge < -0.3 is 24.7 Å². The van der Waals surface area contributed by atoms with Crippen LogP contribution < -0.4 is 4.74 Å². The van der Waals surface area contributed by atoms with Crippen LogP contribution in [0, 0.1) is 13.8 Å². The van der Waals surface area contributed by atoms with Crippen LogP contribution in [0.15, 0.2) is 42.0 Å². The number of Topliss-reactive ketones (excluding diaryl/α,β-unsaturated/α-hetero) is 1. The molecule has 1 atom stereocenters. The van der Waals surface area contributed by atoms with E-state index in [1.165, 1.54) is 24.1 Å². The lowest BCUT2D eigenvalue weighted by atomic mass is 9.93. The summed E-state index contributed by atoms with van der Waals surface area (Å²) < 4.78 is 5.51. The van der Waals surface area contributed by atoms with Crippen molar-refractivity contribution in [1.29, 1.82) is 0 Å². The molecule has 2 N–H and O–H groups in total. The first-order chi connectivity index (χ1) is 15.1. The van der Waals surface area contributed by atoms with Crippen molar-refractivity contribution < 1.29 is 24.5 Å². The number of phenols is 1. The Hall–Kier alpha value is -3.32. The topological polar surface area (TPSA) is 90.3 Å². The number of hydrogen-bond donors (Lipinski definition) is 2. The maximum Gasteiger partial charge on any atom is 0.295 e. The predicted octanol–water partition coefficient (Wildman–Crippen LogP) is 3.39. The van der Waals surface area contributed by atoms with E-state index in [9.17, 15) is 19.8 Å². The molecule has 3 rings (SSSR count). The van der Waals surface area contributed by atoms with Crippen LogP contribution in [0.5, 0.6) is 11.5 Å². The Morgan fingerprint density at radius 2 is 1.78 bits per heavy atom. The van der Waals surface area contributed by atoms with Crippen LogP contribution in [-0.2, 0) is 9.59 Å². The van der Waals surface area contributed by atoms with Crippen LogP contribution in [0.1, 0.15) is 34.7 Å². The summed E-state index contributed by atoms with van der Waals surface area (Å²) in [5, 5.41) is 21.1. The van der Waals surface area contributed by atoms with Crippen molar-refractivity contribution in [3.05, 3.63) is 64.2 Å². The Bertz CT molecular complexity index is 1060. The molecule has 1 fully saturated rings. The van der Waals surface area contributed by atoms with Gasteiger partial charge in [-0.2, -0.15) is 0 Å². The quantitative estimate of drug-likeness (QED) is 0.391. The number of carbonyl (C=O) groups excluding carboxylic acids is 2. The number of phenolic OH excluding ortho intramolecular Hbond substituents is 1. The summed E-state index contributed by atoms with van der Waals surface area (Å²) in [5.41, 5.74) is 2.74. The zero-order chi connectivity index (χ0) is 23.6. The molecule has 2 aromatic carbocycles. The average Bonchev–Trinajstić information content (AvgIpc) is 2.98. The average molecular weight is 439 g/mol. The van der Waals surface area contributed by atoms with Gasteiger partial charge in [0.25, 0.3) is 11.7 Å². The van der Waals surface area contributed by atoms with Gasteiger partial charge in [0.05, 0.1) is 24.3 Å². The van der Waals surface area contributed by atoms with E-state index in [-0.39, 0.29) is 17.1 Å². The lowest BCUT2D eigenvalue weighted by Gasteiger charge is -2.26. The Balaban J connectivity index is 2.18. The molecule has 0 aromatic heterocycles. The van der Waals surface area contributed by atoms with Crippen LogP contribution in [0.3, 0.4) is 0 Å². The van der Waals surface area contributed by atoms with Crippen LogP contribution >= 0.6 is 0 Å². The van der Waals surface area contributed by atoms with Crippen LogP contribution in [0.25, 0.3) is 5.76 Å². The molecule has 1 heterocycles. The molecule has 2 aromatic rings. The number of likely N-dealkylation sites (tertiary alicyclic amines) is 1. The van der Waals surface area contributed by atoms with Gasteiger partial charge in [0.2, 0.25) is 0 Å². The number of benzene rings is 2. The monoisotopic (exact) mass is 438 g/mol. The van der Waals surface area contributed by atoms with E-state index in [4.69, 9.17) is 4.74 Å². The molecule has 0 aliphatic carbocycles. The summed E-state index contributed by atoms with van der Waals surface area (Å²) in [6, 6.07) is 9.25. The zero-order valence-corrected chi connectivity index (χ0v) is 19.2. The van der Waals surface area contributed by atoms with E-state index < -0.39 is 17.7 Å². The molecule has 1 unspecified atom stereocenters. The molecule has 0 spiro atoms. The van der Waals surface area contributed by atoms with Gasteiger partial charge in [-0.3, -0.25) is 9.59 Å². The summed E-state index contributed by atoms with van der Waals surface area (Å²) in [6.07, 6.45) is 0.668. The number of nitrogens with zero attached hydrogens (tertiary/aromatic N) is 2. The van der Waals surface area contributed by atoms with E-state index in [1.54, 1.807) is 18.2 Å². The molecule has 7 heteroatoms. The third-order valence-electron chi connectivity index (χ3n) is 5.63. The molecule has 1 saturated heterocycles. The normalized spacial score (nSPS) is 17.9. The van der Waals surface area contributed by atoms with E-state index in [2.05, 4.69) is 0 Å². The summed E-state index contributed by atoms with van der Waals surface area (Å²) in [6.45, 7) is 4.85. The fourth-order valence-corrected chi connectivity index (χ4v) is 4.22. The maximum absolute atomic E-state index is 13.1. The number of aromatic hydroxyl groups is 1. The number of methoxy groups -OCH3 is 1. The number of amides is 1. The van der Waals surface area contributed by atoms with E-state index in [1.807, 2.05) is 38.9 Å². The number of ketones is 1. The second kappa shape index (κ2) is 9.44. The Labute approximate surface area is 188 Å². The lowest BCUT2D eigenvalue weighted by molar-refractivity contribution is -0.139. The minimum Gasteiger partial charge on any atom is -0.508 e. The van der Waals surface area contributed by atoms with Crippen molar-refractivity contribution in [3.8, 4) is 11.5 Å². The summed E-state index contributed by atoms with van der Waals surface area (Å²) in [7, 11) is 5.39. The predicted molar refractivity (Wildman–Crippen MR) is 123 cm³/mol. The summed E-state index contributed by atoms with van der Waals surface area (Å²) >= 11 is 0. The second-order valence-corrected chi connectivity index (χ2v) is 8.40. The van der Waals surface area contributed by atoms with Crippen molar-refractivity contribution in [2.45, 2.75) is 26.3 Å². The van der Waals surface area contributed by atoms with Crippen molar-refractivity contribution in [1.82, 2.24) is 9.80 Å². The molecule has 32 heavy (non-hydrogen) atoms. The molecule has 1 aliphatic rings. The highest BCUT2D eigenvalue weighted by Gasteiger charge is 2.46. The number of aryl methyl sites for hydroxylation is 2. The smallest absolute Gasteiger partial charge is 0.295 e. The van der Waals surface area contributed by atoms with Gasteiger partial charge in [-0.05, 0) is 75.8 Å². The molecule has 170 valence electrons. The number of aliphatic hydroxyl groups is 1. The van der Waals surface area contributed by atoms with Gasteiger partial charge >= 0.3 is 0 Å². The fourth-order valence-electron chi connectivity index (χ4n) is 4.22. The number of carbonyl (C=O) groups is 2. The van der Waals surface area contributed by atoms with Crippen LogP contribution in [0.4, 0.5) is 0 Å². The molecule has 0 saturated carbocycles. The first kappa shape index (κ1) is 23.3. The van der Waals surface area contributed by atoms with E-state index >= 15 is 0 Å². The number of ether oxygens (including phenoxy) is 1. The van der Waals surface area contributed by atoms with Crippen molar-refractivity contribution in [3.63, 3.8) is 0 Å². The molecule has 7 nitrogen and oxygen atoms in total. The zero-order valence-electron chi connectivity index (χ0n) is 19.2. The van der Waals surface area contributed by atoms with Gasteiger partial charge in [0, 0.05) is 6.54 Å². The SMILES string of the molecule is COc1c(C)cc(C)cc1/C(O)=C1\C(=O)C(=O)N(CCCN(C)C)C1c1ccc(O)cc1. The molecular weight excluding hydrogens is 408 g/mol. The van der Waals surface area contributed by atoms with Crippen LogP contribution in [0.2, 0.25) is 0 Å². The molecule has 1 aliphatic heterocycles. The third-order valence-corrected chi connectivity index (χ3v) is 5.63. The highest BCUT2D eigenvalue weighted by atomic mass is 16.5. The highest BCUT2D eigenvalue weighted by molar-refractivity contribution is 6.46. The minimum absolute atomic E-state index is 0.0221. The largest absolute Gasteiger partial charge is 0.508 e. The number of aliphatic hydroxyl groups excluding tert-OH is 1. The van der Waals surface area contributed by atoms with Gasteiger partial charge in [-0.15, -0.1) is 0 Å². The standard InChI is InChI=1S/C25H30N2O5/c1-15-13-16(2)24(32-5)19(14-15)22(29)20-21(17-7-9-18(28)10-8-17)27(25(31)23(20)30)12-6-11-26(3)4/h7-10,13-14,21,28-29H,6,11-12H2,1-5H3/b22-20+. The van der Waals surface area contributed by atoms with E-state index in [0.717, 1.165) is 17.7 Å². The highest BCUT2D eigenvalue weighted by Crippen LogP contribution is 2.42. The first-order valence-electron chi connectivity index (χ1n) is 10.5. The van der Waals surface area contributed by atoms with Crippen LogP contribution in [-0.4, -0.2) is 66.0 Å². The Morgan fingerprint density at radius 1 is 1.12 bits per heavy atom. The summed E-state index contributed by atoms with van der Waals surface area (Å²) in [5.74, 6) is -1.11. The molecular formula is C25H30N2O5. The molecule has 0 radical (unpaired) electrons. The Kier molecular flexibility index (Phi) is 6.89. The third kappa shape index (κ3) is 4.48. The lowest BCUT2D eigenvalue weighted by Crippen LogP contribution is -2.32. The number of hydrogen-bond acceptors (Lipinski definition) is 6. The Morgan fingerprint density at radius 3 is 2.38 bits per heavy atom. The fraction of sp³-hybridized carbons (Fsp3) is 0.360. The van der Waals surface area contributed by atoms with Gasteiger partial charge in [-0.1, -0.05) is 18.2 Å². The molecule has 1 amide bonds. The van der Waals surface area contributed by atoms with Gasteiger partial charge in [0.1, 0.15) is 17.3 Å². The van der Waals surface area contributed by atoms with Gasteiger partial charge in [-0.25, -0.2) is 0 Å². The minimum atomic E-state index is -0.761. The second-order valence-electron chi connectivity index (χ2n) is 8.40. The van der Waals surface area contributed by atoms with E-state index in [0.29, 0.717) is 29.8 Å². The first-order valence-corrected chi connectivity index (χ1v) is 10.5. The number of rotatable bonds is 7. The van der Waals surface area contributed by atoms with Crippen molar-refractivity contribution in [2.75, 3.05) is 34.3 Å². The van der Waals surface area contributed by atoms with Crippen molar-refractivity contribution >= 4 is 17.4 Å². The summed E-state index contributed by atoms with van der Waals surface area (Å²) in [4.78, 5) is 29.6. The van der Waals surface area contributed by atoms with Crippen molar-refractivity contribution in [2.24, 2.45) is 0 Å². The van der Waals surface area contributed by atoms with Gasteiger partial charge in [0.15, 0.2) is 0 Å².